The lowest BCUT2D eigenvalue weighted by molar-refractivity contribution is 0.253. The maximum atomic E-state index is 6.39. The Morgan fingerprint density at radius 2 is 1.96 bits per heavy atom. The van der Waals surface area contributed by atoms with Crippen molar-refractivity contribution >= 4 is 41.5 Å². The summed E-state index contributed by atoms with van der Waals surface area (Å²) in [5.74, 6) is 0.490. The molecular formula is C19H24ClIN4. The van der Waals surface area contributed by atoms with Gasteiger partial charge in [-0.25, -0.2) is 0 Å². The first kappa shape index (κ1) is 20.0. The predicted octanol–water partition coefficient (Wildman–Crippen LogP) is 3.92. The van der Waals surface area contributed by atoms with Gasteiger partial charge in [-0.15, -0.1) is 24.0 Å². The highest BCUT2D eigenvalue weighted by molar-refractivity contribution is 14.0. The summed E-state index contributed by atoms with van der Waals surface area (Å²) >= 11 is 6.39. The van der Waals surface area contributed by atoms with E-state index in [1.54, 1.807) is 6.20 Å². The van der Waals surface area contributed by atoms with Crippen molar-refractivity contribution in [1.29, 1.82) is 0 Å². The summed E-state index contributed by atoms with van der Waals surface area (Å²) in [4.78, 5) is 8.87. The van der Waals surface area contributed by atoms with Crippen molar-refractivity contribution in [2.45, 2.75) is 31.1 Å². The minimum absolute atomic E-state index is 0. The lowest BCUT2D eigenvalue weighted by atomic mass is 9.64. The van der Waals surface area contributed by atoms with Crippen LogP contribution in [-0.2, 0) is 11.8 Å². The molecule has 2 aromatic rings. The Morgan fingerprint density at radius 1 is 1.20 bits per heavy atom. The topological polar surface area (TPSA) is 63.3 Å². The Labute approximate surface area is 171 Å². The summed E-state index contributed by atoms with van der Waals surface area (Å²) < 4.78 is 0. The number of rotatable bonds is 6. The van der Waals surface area contributed by atoms with E-state index in [1.165, 1.54) is 12.0 Å². The molecule has 6 heteroatoms. The number of nitrogens with two attached hydrogens (primary N) is 1. The lowest BCUT2D eigenvalue weighted by Crippen LogP contribution is -2.40. The molecule has 0 atom stereocenters. The number of aliphatic imine (C=N–C) groups is 1. The molecule has 0 saturated heterocycles. The van der Waals surface area contributed by atoms with Gasteiger partial charge in [0.1, 0.15) is 0 Å². The number of halogens is 2. The van der Waals surface area contributed by atoms with Crippen molar-refractivity contribution in [2.24, 2.45) is 10.7 Å². The number of pyridine rings is 1. The first-order chi connectivity index (χ1) is 11.7. The van der Waals surface area contributed by atoms with Crippen molar-refractivity contribution in [2.75, 3.05) is 13.1 Å². The molecule has 1 heterocycles. The van der Waals surface area contributed by atoms with E-state index >= 15 is 0 Å². The Balaban J connectivity index is 0.00000225. The summed E-state index contributed by atoms with van der Waals surface area (Å²) in [7, 11) is 0. The molecule has 1 aliphatic rings. The van der Waals surface area contributed by atoms with Gasteiger partial charge in [0, 0.05) is 35.3 Å². The molecule has 0 bridgehead atoms. The summed E-state index contributed by atoms with van der Waals surface area (Å²) in [5, 5.41) is 4.00. The average molecular weight is 471 g/mol. The van der Waals surface area contributed by atoms with Crippen LogP contribution in [0.4, 0.5) is 0 Å². The Hall–Kier alpha value is -1.34. The normalized spacial score (nSPS) is 15.8. The van der Waals surface area contributed by atoms with Gasteiger partial charge in [-0.2, -0.15) is 0 Å². The van der Waals surface area contributed by atoms with E-state index in [-0.39, 0.29) is 29.4 Å². The molecule has 3 rings (SSSR count). The third kappa shape index (κ3) is 5.07. The number of benzene rings is 1. The first-order valence-electron chi connectivity index (χ1n) is 8.38. The summed E-state index contributed by atoms with van der Waals surface area (Å²) in [6.07, 6.45) is 6.07. The molecule has 134 valence electrons. The molecule has 25 heavy (non-hydrogen) atoms. The van der Waals surface area contributed by atoms with Gasteiger partial charge >= 0.3 is 0 Å². The van der Waals surface area contributed by atoms with Crippen LogP contribution in [0.1, 0.15) is 30.5 Å². The fourth-order valence-corrected chi connectivity index (χ4v) is 3.50. The van der Waals surface area contributed by atoms with Crippen LogP contribution < -0.4 is 11.1 Å². The van der Waals surface area contributed by atoms with Crippen LogP contribution in [0.2, 0.25) is 5.02 Å². The second-order valence-electron chi connectivity index (χ2n) is 6.31. The number of aromatic nitrogens is 1. The van der Waals surface area contributed by atoms with Gasteiger partial charge in [-0.1, -0.05) is 42.3 Å². The highest BCUT2D eigenvalue weighted by Crippen LogP contribution is 2.46. The molecule has 1 saturated carbocycles. The molecule has 4 nitrogen and oxygen atoms in total. The maximum absolute atomic E-state index is 6.39. The minimum atomic E-state index is 0. The Bertz CT molecular complexity index is 702. The molecule has 3 N–H and O–H groups in total. The van der Waals surface area contributed by atoms with Gasteiger partial charge in [-0.3, -0.25) is 9.98 Å². The van der Waals surface area contributed by atoms with E-state index in [1.807, 2.05) is 36.4 Å². The van der Waals surface area contributed by atoms with Gasteiger partial charge in [-0.05, 0) is 36.6 Å². The molecule has 0 amide bonds. The molecule has 0 radical (unpaired) electrons. The zero-order valence-electron chi connectivity index (χ0n) is 14.1. The fourth-order valence-electron chi connectivity index (χ4n) is 3.16. The highest BCUT2D eigenvalue weighted by Gasteiger charge is 2.39. The lowest BCUT2D eigenvalue weighted by Gasteiger charge is -2.41. The number of guanidine groups is 1. The Morgan fingerprint density at radius 3 is 2.60 bits per heavy atom. The Kier molecular flexibility index (Phi) is 7.50. The van der Waals surface area contributed by atoms with Crippen molar-refractivity contribution < 1.29 is 0 Å². The largest absolute Gasteiger partial charge is 0.370 e. The third-order valence-corrected chi connectivity index (χ3v) is 5.05. The van der Waals surface area contributed by atoms with E-state index in [9.17, 15) is 0 Å². The first-order valence-corrected chi connectivity index (χ1v) is 8.76. The molecule has 0 unspecified atom stereocenters. The van der Waals surface area contributed by atoms with Gasteiger partial charge in [0.15, 0.2) is 5.96 Å². The molecule has 0 spiro atoms. The molecular weight excluding hydrogens is 447 g/mol. The third-order valence-electron chi connectivity index (χ3n) is 4.72. The summed E-state index contributed by atoms with van der Waals surface area (Å²) in [6, 6.07) is 14.0. The number of hydrogen-bond donors (Lipinski definition) is 2. The predicted molar refractivity (Wildman–Crippen MR) is 115 cm³/mol. The standard InChI is InChI=1S/C19H23ClN4.HI/c20-17-8-2-1-7-16(17)19(10-5-11-19)14-24-18(21)23-13-9-15-6-3-4-12-22-15;/h1-4,6-8,12H,5,9-11,13-14H2,(H3,21,23,24);1H. The fraction of sp³-hybridized carbons (Fsp3) is 0.368. The van der Waals surface area contributed by atoms with E-state index in [4.69, 9.17) is 17.3 Å². The van der Waals surface area contributed by atoms with Gasteiger partial charge in [0.2, 0.25) is 0 Å². The maximum Gasteiger partial charge on any atom is 0.188 e. The van der Waals surface area contributed by atoms with E-state index < -0.39 is 0 Å². The number of nitrogens with zero attached hydrogens (tertiary/aromatic N) is 2. The smallest absolute Gasteiger partial charge is 0.188 e. The van der Waals surface area contributed by atoms with Gasteiger partial charge in [0.05, 0.1) is 6.54 Å². The van der Waals surface area contributed by atoms with Gasteiger partial charge in [0.25, 0.3) is 0 Å². The van der Waals surface area contributed by atoms with Crippen LogP contribution in [0.25, 0.3) is 0 Å². The van der Waals surface area contributed by atoms with Crippen LogP contribution in [0.3, 0.4) is 0 Å². The average Bonchev–Trinajstić information content (AvgIpc) is 2.56. The van der Waals surface area contributed by atoms with Crippen LogP contribution in [0, 0.1) is 0 Å². The van der Waals surface area contributed by atoms with E-state index in [0.717, 1.165) is 36.5 Å². The second kappa shape index (κ2) is 9.38. The summed E-state index contributed by atoms with van der Waals surface area (Å²) in [5.41, 5.74) is 8.32. The molecule has 1 fully saturated rings. The monoisotopic (exact) mass is 470 g/mol. The molecule has 1 aromatic carbocycles. The van der Waals surface area contributed by atoms with Crippen LogP contribution in [0.5, 0.6) is 0 Å². The number of nitrogens with one attached hydrogen (secondary N) is 1. The highest BCUT2D eigenvalue weighted by atomic mass is 127. The van der Waals surface area contributed by atoms with Crippen LogP contribution in [0.15, 0.2) is 53.7 Å². The molecule has 1 aliphatic carbocycles. The van der Waals surface area contributed by atoms with Gasteiger partial charge < -0.3 is 11.1 Å². The van der Waals surface area contributed by atoms with Crippen molar-refractivity contribution in [1.82, 2.24) is 10.3 Å². The quantitative estimate of drug-likeness (QED) is 0.382. The minimum Gasteiger partial charge on any atom is -0.370 e. The molecule has 0 aliphatic heterocycles. The SMILES string of the molecule is I.NC(=NCC1(c2ccccc2Cl)CCC1)NCCc1ccccn1. The zero-order valence-corrected chi connectivity index (χ0v) is 17.2. The van der Waals surface area contributed by atoms with Crippen molar-refractivity contribution in [3.05, 3.63) is 64.9 Å². The van der Waals surface area contributed by atoms with Crippen LogP contribution in [-0.4, -0.2) is 24.0 Å². The number of hydrogen-bond acceptors (Lipinski definition) is 2. The second-order valence-corrected chi connectivity index (χ2v) is 6.72. The summed E-state index contributed by atoms with van der Waals surface area (Å²) in [6.45, 7) is 1.41. The van der Waals surface area contributed by atoms with Crippen molar-refractivity contribution in [3.63, 3.8) is 0 Å². The van der Waals surface area contributed by atoms with E-state index in [0.29, 0.717) is 12.5 Å². The van der Waals surface area contributed by atoms with E-state index in [2.05, 4.69) is 21.4 Å². The van der Waals surface area contributed by atoms with Crippen LogP contribution >= 0.6 is 35.6 Å². The molecule has 1 aromatic heterocycles. The van der Waals surface area contributed by atoms with Crippen molar-refractivity contribution in [3.8, 4) is 0 Å². The zero-order chi connectivity index (χ0) is 16.8.